The summed E-state index contributed by atoms with van der Waals surface area (Å²) in [4.78, 5) is 4.44. The maximum absolute atomic E-state index is 5.94. The molecule has 1 aromatic heterocycles. The summed E-state index contributed by atoms with van der Waals surface area (Å²) in [6, 6.07) is 16.2. The van der Waals surface area contributed by atoms with Crippen LogP contribution in [0.4, 0.5) is 5.69 Å². The summed E-state index contributed by atoms with van der Waals surface area (Å²) in [6.07, 6.45) is 3.79. The van der Waals surface area contributed by atoms with E-state index in [1.165, 1.54) is 5.56 Å². The Bertz CT molecular complexity index is 751. The van der Waals surface area contributed by atoms with Crippen LogP contribution in [0.3, 0.4) is 0 Å². The summed E-state index contributed by atoms with van der Waals surface area (Å²) in [5.74, 6) is 0.943. The van der Waals surface area contributed by atoms with Crippen LogP contribution < -0.4 is 5.32 Å². The fraction of sp³-hybridized carbons (Fsp3) is 0.167. The zero-order valence-corrected chi connectivity index (χ0v) is 14.4. The van der Waals surface area contributed by atoms with Gasteiger partial charge in [0, 0.05) is 41.1 Å². The number of imidazole rings is 1. The lowest BCUT2D eigenvalue weighted by Gasteiger charge is -2.09. The number of nitrogens with zero attached hydrogens (tertiary/aromatic N) is 2. The molecule has 0 unspecified atom stereocenters. The fourth-order valence-electron chi connectivity index (χ4n) is 2.20. The van der Waals surface area contributed by atoms with Crippen LogP contribution in [0.1, 0.15) is 5.56 Å². The first-order chi connectivity index (χ1) is 11.2. The van der Waals surface area contributed by atoms with Gasteiger partial charge in [0.25, 0.3) is 0 Å². The van der Waals surface area contributed by atoms with Gasteiger partial charge in [0.1, 0.15) is 0 Å². The van der Waals surface area contributed by atoms with Crippen LogP contribution >= 0.6 is 23.4 Å². The van der Waals surface area contributed by atoms with Gasteiger partial charge < -0.3 is 5.32 Å². The molecule has 0 saturated carbocycles. The third-order valence-electron chi connectivity index (χ3n) is 3.43. The zero-order chi connectivity index (χ0) is 16.1. The number of hydrogen-bond donors (Lipinski definition) is 1. The normalized spacial score (nSPS) is 10.7. The monoisotopic (exact) mass is 343 g/mol. The second-order valence-electron chi connectivity index (χ2n) is 5.20. The van der Waals surface area contributed by atoms with Crippen molar-refractivity contribution >= 4 is 29.1 Å². The molecule has 0 bridgehead atoms. The molecule has 23 heavy (non-hydrogen) atoms. The van der Waals surface area contributed by atoms with Gasteiger partial charge in [-0.05, 0) is 43.3 Å². The van der Waals surface area contributed by atoms with E-state index in [1.54, 1.807) is 11.8 Å². The van der Waals surface area contributed by atoms with Crippen molar-refractivity contribution in [1.29, 1.82) is 0 Å². The van der Waals surface area contributed by atoms with Gasteiger partial charge in [0.05, 0.1) is 0 Å². The molecule has 3 aromatic rings. The molecule has 0 amide bonds. The zero-order valence-electron chi connectivity index (χ0n) is 12.9. The first kappa shape index (κ1) is 16.0. The Kier molecular flexibility index (Phi) is 5.26. The van der Waals surface area contributed by atoms with E-state index >= 15 is 0 Å². The minimum absolute atomic E-state index is 0.741. The van der Waals surface area contributed by atoms with Gasteiger partial charge in [-0.3, -0.25) is 4.57 Å². The third-order valence-corrected chi connectivity index (χ3v) is 4.65. The van der Waals surface area contributed by atoms with Gasteiger partial charge in [-0.1, -0.05) is 41.1 Å². The van der Waals surface area contributed by atoms with E-state index in [-0.39, 0.29) is 0 Å². The quantitative estimate of drug-likeness (QED) is 0.502. The molecule has 0 atom stereocenters. The molecule has 3 nitrogen and oxygen atoms in total. The first-order valence-electron chi connectivity index (χ1n) is 7.45. The Morgan fingerprint density at radius 3 is 2.57 bits per heavy atom. The minimum Gasteiger partial charge on any atom is -0.384 e. The van der Waals surface area contributed by atoms with E-state index in [9.17, 15) is 0 Å². The summed E-state index contributed by atoms with van der Waals surface area (Å²) in [5.41, 5.74) is 3.49. The molecule has 0 aliphatic heterocycles. The number of nitrogens with one attached hydrogen (secondary N) is 1. The number of thioether (sulfide) groups is 1. The van der Waals surface area contributed by atoms with Crippen LogP contribution in [0.2, 0.25) is 5.02 Å². The molecule has 0 fully saturated rings. The summed E-state index contributed by atoms with van der Waals surface area (Å²) < 4.78 is 2.08. The van der Waals surface area contributed by atoms with Crippen molar-refractivity contribution in [1.82, 2.24) is 9.55 Å². The Balaban J connectivity index is 1.56. The Morgan fingerprint density at radius 2 is 1.83 bits per heavy atom. The average Bonchev–Trinajstić information content (AvgIpc) is 3.02. The summed E-state index contributed by atoms with van der Waals surface area (Å²) in [5, 5.41) is 5.15. The van der Waals surface area contributed by atoms with Crippen LogP contribution in [0.5, 0.6) is 0 Å². The van der Waals surface area contributed by atoms with E-state index in [1.807, 2.05) is 36.7 Å². The molecule has 0 aliphatic rings. The fourth-order valence-corrected chi connectivity index (χ4v) is 3.16. The second kappa shape index (κ2) is 7.57. The molecule has 3 rings (SSSR count). The van der Waals surface area contributed by atoms with Crippen molar-refractivity contribution in [2.45, 2.75) is 12.1 Å². The summed E-state index contributed by atoms with van der Waals surface area (Å²) in [7, 11) is 0. The van der Waals surface area contributed by atoms with Crippen LogP contribution in [-0.4, -0.2) is 21.8 Å². The highest BCUT2D eigenvalue weighted by molar-refractivity contribution is 7.99. The Labute approximate surface area is 145 Å². The number of anilines is 1. The first-order valence-corrected chi connectivity index (χ1v) is 8.81. The number of rotatable bonds is 6. The highest BCUT2D eigenvalue weighted by atomic mass is 35.5. The largest absolute Gasteiger partial charge is 0.384 e. The molecular weight excluding hydrogens is 326 g/mol. The van der Waals surface area contributed by atoms with Gasteiger partial charge in [-0.25, -0.2) is 4.98 Å². The molecule has 2 aromatic carbocycles. The molecule has 5 heteroatoms. The lowest BCUT2D eigenvalue weighted by atomic mass is 10.2. The standard InChI is InChI=1S/C18H18ClN3S/c1-14-2-6-16(7-3-14)20-11-13-23-18-21-10-12-22(18)17-8-4-15(19)5-9-17/h2-10,12,20H,11,13H2,1H3. The van der Waals surface area contributed by atoms with Gasteiger partial charge in [-0.2, -0.15) is 0 Å². The predicted octanol–water partition coefficient (Wildman–Crippen LogP) is 5.04. The molecule has 0 aliphatic carbocycles. The highest BCUT2D eigenvalue weighted by Gasteiger charge is 2.05. The topological polar surface area (TPSA) is 29.9 Å². The number of aryl methyl sites for hydroxylation is 1. The van der Waals surface area contributed by atoms with E-state index in [0.717, 1.165) is 33.9 Å². The summed E-state index contributed by atoms with van der Waals surface area (Å²) in [6.45, 7) is 2.98. The van der Waals surface area contributed by atoms with Crippen molar-refractivity contribution in [3.63, 3.8) is 0 Å². The van der Waals surface area contributed by atoms with E-state index < -0.39 is 0 Å². The van der Waals surface area contributed by atoms with Crippen molar-refractivity contribution in [2.24, 2.45) is 0 Å². The van der Waals surface area contributed by atoms with Crippen molar-refractivity contribution in [3.8, 4) is 5.69 Å². The highest BCUT2D eigenvalue weighted by Crippen LogP contribution is 2.21. The molecule has 1 N–H and O–H groups in total. The van der Waals surface area contributed by atoms with Crippen LogP contribution in [0.25, 0.3) is 5.69 Å². The average molecular weight is 344 g/mol. The molecule has 0 spiro atoms. The molecule has 0 saturated heterocycles. The van der Waals surface area contributed by atoms with Gasteiger partial charge in [0.15, 0.2) is 5.16 Å². The maximum Gasteiger partial charge on any atom is 0.172 e. The summed E-state index contributed by atoms with van der Waals surface area (Å²) >= 11 is 7.68. The molecule has 1 heterocycles. The Morgan fingerprint density at radius 1 is 1.09 bits per heavy atom. The van der Waals surface area contributed by atoms with E-state index in [2.05, 4.69) is 46.1 Å². The minimum atomic E-state index is 0.741. The van der Waals surface area contributed by atoms with Crippen molar-refractivity contribution in [3.05, 3.63) is 71.5 Å². The van der Waals surface area contributed by atoms with Crippen molar-refractivity contribution < 1.29 is 0 Å². The number of halogens is 1. The third kappa shape index (κ3) is 4.30. The van der Waals surface area contributed by atoms with Gasteiger partial charge in [-0.15, -0.1) is 0 Å². The SMILES string of the molecule is Cc1ccc(NCCSc2nccn2-c2ccc(Cl)cc2)cc1. The number of aromatic nitrogens is 2. The van der Waals surface area contributed by atoms with Crippen LogP contribution in [0.15, 0.2) is 66.1 Å². The number of hydrogen-bond acceptors (Lipinski definition) is 3. The predicted molar refractivity (Wildman–Crippen MR) is 99.0 cm³/mol. The molecule has 118 valence electrons. The lowest BCUT2D eigenvalue weighted by Crippen LogP contribution is -2.05. The van der Waals surface area contributed by atoms with E-state index in [4.69, 9.17) is 11.6 Å². The van der Waals surface area contributed by atoms with Gasteiger partial charge >= 0.3 is 0 Å². The van der Waals surface area contributed by atoms with Crippen LogP contribution in [-0.2, 0) is 0 Å². The van der Waals surface area contributed by atoms with Crippen molar-refractivity contribution in [2.75, 3.05) is 17.6 Å². The lowest BCUT2D eigenvalue weighted by molar-refractivity contribution is 0.895. The Hall–Kier alpha value is -1.91. The smallest absolute Gasteiger partial charge is 0.172 e. The van der Waals surface area contributed by atoms with Gasteiger partial charge in [0.2, 0.25) is 0 Å². The maximum atomic E-state index is 5.94. The molecular formula is C18H18ClN3S. The second-order valence-corrected chi connectivity index (χ2v) is 6.70. The number of benzene rings is 2. The van der Waals surface area contributed by atoms with Crippen LogP contribution in [0, 0.1) is 6.92 Å². The molecule has 0 radical (unpaired) electrons. The van der Waals surface area contributed by atoms with E-state index in [0.29, 0.717) is 0 Å².